The first kappa shape index (κ1) is 13.9. The van der Waals surface area contributed by atoms with E-state index in [0.717, 1.165) is 24.5 Å². The highest BCUT2D eigenvalue weighted by atomic mass is 16.1. The summed E-state index contributed by atoms with van der Waals surface area (Å²) in [6.45, 7) is 5.89. The van der Waals surface area contributed by atoms with E-state index in [2.05, 4.69) is 29.4 Å². The van der Waals surface area contributed by atoms with Crippen molar-refractivity contribution in [1.82, 2.24) is 5.32 Å². The van der Waals surface area contributed by atoms with Crippen LogP contribution in [0.15, 0.2) is 18.2 Å². The van der Waals surface area contributed by atoms with Gasteiger partial charge in [-0.15, -0.1) is 0 Å². The van der Waals surface area contributed by atoms with Crippen LogP contribution in [0.4, 0.5) is 11.4 Å². The average Bonchev–Trinajstić information content (AvgIpc) is 2.77. The van der Waals surface area contributed by atoms with Gasteiger partial charge in [-0.05, 0) is 37.1 Å². The molecule has 2 N–H and O–H groups in total. The Labute approximate surface area is 115 Å². The van der Waals surface area contributed by atoms with Crippen LogP contribution in [0, 0.1) is 18.8 Å². The van der Waals surface area contributed by atoms with Crippen LogP contribution in [0.25, 0.3) is 0 Å². The van der Waals surface area contributed by atoms with Crippen molar-refractivity contribution in [2.75, 3.05) is 37.4 Å². The zero-order chi connectivity index (χ0) is 14.0. The molecule has 0 spiro atoms. The third-order valence-corrected chi connectivity index (χ3v) is 3.81. The van der Waals surface area contributed by atoms with Gasteiger partial charge in [-0.2, -0.15) is 0 Å². The minimum absolute atomic E-state index is 0.0732. The van der Waals surface area contributed by atoms with Gasteiger partial charge in [-0.25, -0.2) is 0 Å². The van der Waals surface area contributed by atoms with Crippen molar-refractivity contribution in [2.45, 2.75) is 13.8 Å². The number of aryl methyl sites for hydroxylation is 1. The molecule has 4 heteroatoms. The molecule has 2 atom stereocenters. The second kappa shape index (κ2) is 5.61. The molecule has 1 amide bonds. The van der Waals surface area contributed by atoms with Crippen LogP contribution >= 0.6 is 0 Å². The third kappa shape index (κ3) is 3.07. The molecule has 0 aromatic heterocycles. The largest absolute Gasteiger partial charge is 0.377 e. The van der Waals surface area contributed by atoms with Gasteiger partial charge in [0.25, 0.3) is 0 Å². The summed E-state index contributed by atoms with van der Waals surface area (Å²) in [5, 5.41) is 6.29. The van der Waals surface area contributed by atoms with Gasteiger partial charge < -0.3 is 15.5 Å². The number of carbonyl (C=O) groups excluding carboxylic acids is 1. The van der Waals surface area contributed by atoms with Crippen molar-refractivity contribution in [3.05, 3.63) is 23.8 Å². The van der Waals surface area contributed by atoms with Gasteiger partial charge >= 0.3 is 0 Å². The monoisotopic (exact) mass is 261 g/mol. The molecule has 0 radical (unpaired) electrons. The van der Waals surface area contributed by atoms with Crippen LogP contribution in [0.2, 0.25) is 0 Å². The first-order valence-corrected chi connectivity index (χ1v) is 6.78. The van der Waals surface area contributed by atoms with Gasteiger partial charge in [0.2, 0.25) is 5.91 Å². The maximum absolute atomic E-state index is 12.2. The lowest BCUT2D eigenvalue weighted by molar-refractivity contribution is -0.120. The standard InChI is InChI=1S/C15H23N3O/c1-10-5-6-12(7-14(10)18(3)4)17-15(19)13-9-16-8-11(13)2/h5-7,11,13,16H,8-9H2,1-4H3,(H,17,19)/t11-,13-/m1/s1. The summed E-state index contributed by atoms with van der Waals surface area (Å²) < 4.78 is 0. The number of carbonyl (C=O) groups is 1. The first-order chi connectivity index (χ1) is 8.99. The minimum Gasteiger partial charge on any atom is -0.377 e. The fourth-order valence-corrected chi connectivity index (χ4v) is 2.56. The Hall–Kier alpha value is -1.55. The lowest BCUT2D eigenvalue weighted by atomic mass is 9.97. The van der Waals surface area contributed by atoms with Crippen molar-refractivity contribution >= 4 is 17.3 Å². The molecule has 1 aliphatic rings. The fraction of sp³-hybridized carbons (Fsp3) is 0.533. The van der Waals surface area contributed by atoms with Crippen molar-refractivity contribution in [1.29, 1.82) is 0 Å². The van der Waals surface area contributed by atoms with Crippen LogP contribution in [0.5, 0.6) is 0 Å². The quantitative estimate of drug-likeness (QED) is 0.873. The molecule has 0 saturated carbocycles. The summed E-state index contributed by atoms with van der Waals surface area (Å²) >= 11 is 0. The number of anilines is 2. The SMILES string of the molecule is Cc1ccc(NC(=O)[C@@H]2CNC[C@H]2C)cc1N(C)C. The molecular weight excluding hydrogens is 238 g/mol. The van der Waals surface area contributed by atoms with E-state index in [1.165, 1.54) is 5.56 Å². The van der Waals surface area contributed by atoms with Crippen molar-refractivity contribution < 1.29 is 4.79 Å². The number of nitrogens with one attached hydrogen (secondary N) is 2. The molecule has 2 rings (SSSR count). The lowest BCUT2D eigenvalue weighted by Gasteiger charge is -2.18. The predicted molar refractivity (Wildman–Crippen MR) is 79.7 cm³/mol. The Morgan fingerprint density at radius 1 is 1.37 bits per heavy atom. The molecule has 1 aliphatic heterocycles. The van der Waals surface area contributed by atoms with E-state index in [4.69, 9.17) is 0 Å². The number of nitrogens with zero attached hydrogens (tertiary/aromatic N) is 1. The number of hydrogen-bond acceptors (Lipinski definition) is 3. The normalized spacial score (nSPS) is 22.3. The smallest absolute Gasteiger partial charge is 0.229 e. The molecule has 1 aromatic rings. The Morgan fingerprint density at radius 3 is 2.68 bits per heavy atom. The predicted octanol–water partition coefficient (Wildman–Crippen LogP) is 1.86. The highest BCUT2D eigenvalue weighted by molar-refractivity contribution is 5.93. The molecule has 0 aliphatic carbocycles. The maximum Gasteiger partial charge on any atom is 0.229 e. The summed E-state index contributed by atoms with van der Waals surface area (Å²) in [6.07, 6.45) is 0. The van der Waals surface area contributed by atoms with Gasteiger partial charge in [0, 0.05) is 32.0 Å². The van der Waals surface area contributed by atoms with Crippen LogP contribution in [-0.2, 0) is 4.79 Å². The average molecular weight is 261 g/mol. The summed E-state index contributed by atoms with van der Waals surface area (Å²) in [5.41, 5.74) is 3.22. The van der Waals surface area contributed by atoms with Gasteiger partial charge in [-0.1, -0.05) is 13.0 Å². The van der Waals surface area contributed by atoms with Crippen molar-refractivity contribution in [2.24, 2.45) is 11.8 Å². The summed E-state index contributed by atoms with van der Waals surface area (Å²) in [7, 11) is 4.02. The second-order valence-corrected chi connectivity index (χ2v) is 5.63. The Kier molecular flexibility index (Phi) is 4.10. The maximum atomic E-state index is 12.2. The molecule has 0 unspecified atom stereocenters. The van der Waals surface area contributed by atoms with Crippen LogP contribution in [-0.4, -0.2) is 33.1 Å². The molecule has 1 fully saturated rings. The number of benzene rings is 1. The first-order valence-electron chi connectivity index (χ1n) is 6.78. The summed E-state index contributed by atoms with van der Waals surface area (Å²) in [6, 6.07) is 6.04. The molecule has 1 saturated heterocycles. The number of rotatable bonds is 3. The van der Waals surface area contributed by atoms with Crippen LogP contribution in [0.3, 0.4) is 0 Å². The van der Waals surface area contributed by atoms with E-state index in [9.17, 15) is 4.79 Å². The topological polar surface area (TPSA) is 44.4 Å². The Bertz CT molecular complexity index is 470. The van der Waals surface area contributed by atoms with Gasteiger partial charge in [0.1, 0.15) is 0 Å². The minimum atomic E-state index is 0.0732. The summed E-state index contributed by atoms with van der Waals surface area (Å²) in [5.74, 6) is 0.592. The van der Waals surface area contributed by atoms with Crippen molar-refractivity contribution in [3.8, 4) is 0 Å². The van der Waals surface area contributed by atoms with E-state index in [1.54, 1.807) is 0 Å². The van der Waals surface area contributed by atoms with Crippen LogP contribution < -0.4 is 15.5 Å². The molecule has 1 aromatic carbocycles. The number of amides is 1. The summed E-state index contributed by atoms with van der Waals surface area (Å²) in [4.78, 5) is 14.3. The van der Waals surface area contributed by atoms with Gasteiger partial charge in [-0.3, -0.25) is 4.79 Å². The second-order valence-electron chi connectivity index (χ2n) is 5.63. The highest BCUT2D eigenvalue weighted by Crippen LogP contribution is 2.24. The van der Waals surface area contributed by atoms with E-state index >= 15 is 0 Å². The van der Waals surface area contributed by atoms with E-state index < -0.39 is 0 Å². The van der Waals surface area contributed by atoms with Crippen LogP contribution in [0.1, 0.15) is 12.5 Å². The molecule has 1 heterocycles. The van der Waals surface area contributed by atoms with E-state index in [1.807, 2.05) is 32.3 Å². The van der Waals surface area contributed by atoms with Gasteiger partial charge in [0.15, 0.2) is 0 Å². The third-order valence-electron chi connectivity index (χ3n) is 3.81. The van der Waals surface area contributed by atoms with E-state index in [0.29, 0.717) is 5.92 Å². The zero-order valence-electron chi connectivity index (χ0n) is 12.2. The van der Waals surface area contributed by atoms with E-state index in [-0.39, 0.29) is 11.8 Å². The lowest BCUT2D eigenvalue weighted by Crippen LogP contribution is -2.27. The molecule has 104 valence electrons. The molecule has 19 heavy (non-hydrogen) atoms. The van der Waals surface area contributed by atoms with Gasteiger partial charge in [0.05, 0.1) is 5.92 Å². The number of hydrogen-bond donors (Lipinski definition) is 2. The molecule has 0 bridgehead atoms. The zero-order valence-corrected chi connectivity index (χ0v) is 12.2. The Morgan fingerprint density at radius 2 is 2.11 bits per heavy atom. The highest BCUT2D eigenvalue weighted by Gasteiger charge is 2.29. The van der Waals surface area contributed by atoms with Crippen molar-refractivity contribution in [3.63, 3.8) is 0 Å². The Balaban J connectivity index is 2.11. The fourth-order valence-electron chi connectivity index (χ4n) is 2.56. The molecule has 4 nitrogen and oxygen atoms in total. The molecular formula is C15H23N3O.